The van der Waals surface area contributed by atoms with Gasteiger partial charge < -0.3 is 14.4 Å². The van der Waals surface area contributed by atoms with Crippen LogP contribution < -0.4 is 14.4 Å². The molecule has 0 bridgehead atoms. The molecule has 0 aliphatic heterocycles. The van der Waals surface area contributed by atoms with E-state index < -0.39 is 0 Å². The van der Waals surface area contributed by atoms with E-state index >= 15 is 0 Å². The normalized spacial score (nSPS) is 11.2. The van der Waals surface area contributed by atoms with Gasteiger partial charge in [-0.3, -0.25) is 0 Å². The Balaban J connectivity index is 1.67. The molecular formula is C41H36ClNO2. The van der Waals surface area contributed by atoms with Crippen LogP contribution in [0.4, 0.5) is 17.1 Å². The Bertz CT molecular complexity index is 1850. The van der Waals surface area contributed by atoms with E-state index in [0.29, 0.717) is 10.8 Å². The number of para-hydroxylation sites is 1. The van der Waals surface area contributed by atoms with Crippen LogP contribution in [0.2, 0.25) is 5.02 Å². The Kier molecular flexibility index (Phi) is 8.64. The lowest BCUT2D eigenvalue weighted by Gasteiger charge is -2.32. The highest BCUT2D eigenvalue weighted by Gasteiger charge is 2.25. The van der Waals surface area contributed by atoms with Gasteiger partial charge in [-0.1, -0.05) is 123 Å². The minimum absolute atomic E-state index is 0.149. The molecule has 0 aromatic heterocycles. The molecule has 0 heterocycles. The summed E-state index contributed by atoms with van der Waals surface area (Å²) >= 11 is 6.34. The monoisotopic (exact) mass is 609 g/mol. The van der Waals surface area contributed by atoms with Crippen LogP contribution >= 0.6 is 11.6 Å². The Morgan fingerprint density at radius 2 is 1.11 bits per heavy atom. The molecule has 0 fully saturated rings. The van der Waals surface area contributed by atoms with Crippen molar-refractivity contribution >= 4 is 28.7 Å². The molecule has 0 aliphatic rings. The first-order chi connectivity index (χ1) is 21.8. The molecule has 6 rings (SSSR count). The van der Waals surface area contributed by atoms with Gasteiger partial charge in [-0.05, 0) is 64.6 Å². The van der Waals surface area contributed by atoms with Crippen molar-refractivity contribution in [2.24, 2.45) is 0 Å². The molecule has 3 nitrogen and oxygen atoms in total. The van der Waals surface area contributed by atoms with Crippen LogP contribution in [0.1, 0.15) is 26.3 Å². The minimum Gasteiger partial charge on any atom is -0.497 e. The molecule has 0 unspecified atom stereocenters. The Morgan fingerprint density at radius 1 is 0.533 bits per heavy atom. The predicted molar refractivity (Wildman–Crippen MR) is 189 cm³/mol. The van der Waals surface area contributed by atoms with Crippen molar-refractivity contribution in [3.8, 4) is 39.5 Å². The molecule has 6 aromatic carbocycles. The van der Waals surface area contributed by atoms with Gasteiger partial charge in [-0.2, -0.15) is 0 Å². The van der Waals surface area contributed by atoms with Gasteiger partial charge in [-0.25, -0.2) is 0 Å². The van der Waals surface area contributed by atoms with Crippen LogP contribution in [0.3, 0.4) is 0 Å². The first-order valence-electron chi connectivity index (χ1n) is 15.1. The maximum atomic E-state index is 6.50. The molecule has 0 N–H and O–H groups in total. The smallest absolute Gasteiger partial charge is 0.129 e. The van der Waals surface area contributed by atoms with Crippen LogP contribution in [-0.4, -0.2) is 7.11 Å². The summed E-state index contributed by atoms with van der Waals surface area (Å²) in [7, 11) is 1.70. The maximum absolute atomic E-state index is 6.50. The number of rotatable bonds is 8. The molecule has 0 saturated heterocycles. The first kappa shape index (κ1) is 30.1. The van der Waals surface area contributed by atoms with Crippen molar-refractivity contribution in [1.29, 1.82) is 0 Å². The highest BCUT2D eigenvalue weighted by molar-refractivity contribution is 6.30. The third-order valence-electron chi connectivity index (χ3n) is 7.79. The summed E-state index contributed by atoms with van der Waals surface area (Å²) in [6.07, 6.45) is 0. The van der Waals surface area contributed by atoms with Crippen LogP contribution in [0, 0.1) is 0 Å². The standard InChI is InChI=1S/C41H36ClNO2/c1-41(2,3)31-24-34(28-37(25-31)45-36-21-11-18-32(42)26-36)43(33-19-12-20-35(27-33)44-4)40-38(29-14-7-5-8-15-29)22-13-23-39(40)30-16-9-6-10-17-30/h5-28H,1-4H3. The van der Waals surface area contributed by atoms with Crippen LogP contribution in [0.15, 0.2) is 146 Å². The van der Waals surface area contributed by atoms with Gasteiger partial charge in [0.1, 0.15) is 17.2 Å². The Hall–Kier alpha value is -4.99. The average Bonchev–Trinajstić information content (AvgIpc) is 3.05. The summed E-state index contributed by atoms with van der Waals surface area (Å²) in [4.78, 5) is 2.33. The topological polar surface area (TPSA) is 21.7 Å². The molecule has 0 amide bonds. The highest BCUT2D eigenvalue weighted by Crippen LogP contribution is 2.48. The molecule has 6 aromatic rings. The lowest BCUT2D eigenvalue weighted by molar-refractivity contribution is 0.415. The summed E-state index contributed by atoms with van der Waals surface area (Å²) < 4.78 is 12.2. The predicted octanol–water partition coefficient (Wildman–Crippen LogP) is 12.2. The molecular weight excluding hydrogens is 574 g/mol. The van der Waals surface area contributed by atoms with Crippen LogP contribution in [-0.2, 0) is 5.41 Å². The van der Waals surface area contributed by atoms with E-state index in [1.165, 1.54) is 0 Å². The van der Waals surface area contributed by atoms with E-state index in [-0.39, 0.29) is 5.41 Å². The number of halogens is 1. The summed E-state index contributed by atoms with van der Waals surface area (Å²) in [6, 6.07) is 49.8. The lowest BCUT2D eigenvalue weighted by Crippen LogP contribution is -2.16. The second-order valence-corrected chi connectivity index (χ2v) is 12.4. The van der Waals surface area contributed by atoms with E-state index in [1.807, 2.05) is 36.4 Å². The number of nitrogens with zero attached hydrogens (tertiary/aromatic N) is 1. The second-order valence-electron chi connectivity index (χ2n) is 12.0. The molecule has 0 aliphatic carbocycles. The van der Waals surface area contributed by atoms with Gasteiger partial charge in [-0.15, -0.1) is 0 Å². The van der Waals surface area contributed by atoms with Gasteiger partial charge >= 0.3 is 0 Å². The van der Waals surface area contributed by atoms with Crippen molar-refractivity contribution in [2.75, 3.05) is 12.0 Å². The number of ether oxygens (including phenoxy) is 2. The number of hydrogen-bond donors (Lipinski definition) is 0. The van der Waals surface area contributed by atoms with E-state index in [0.717, 1.165) is 56.4 Å². The van der Waals surface area contributed by atoms with Crippen molar-refractivity contribution in [3.05, 3.63) is 156 Å². The van der Waals surface area contributed by atoms with Crippen LogP contribution in [0.5, 0.6) is 17.2 Å². The van der Waals surface area contributed by atoms with Crippen molar-refractivity contribution < 1.29 is 9.47 Å². The SMILES string of the molecule is COc1cccc(N(c2cc(Oc3cccc(Cl)c3)cc(C(C)(C)C)c2)c2c(-c3ccccc3)cccc2-c2ccccc2)c1. The largest absolute Gasteiger partial charge is 0.497 e. The fourth-order valence-electron chi connectivity index (χ4n) is 5.51. The van der Waals surface area contributed by atoms with Gasteiger partial charge in [0.25, 0.3) is 0 Å². The van der Waals surface area contributed by atoms with E-state index in [9.17, 15) is 0 Å². The summed E-state index contributed by atoms with van der Waals surface area (Å²) in [6.45, 7) is 6.66. The molecule has 0 saturated carbocycles. The summed E-state index contributed by atoms with van der Waals surface area (Å²) in [5, 5.41) is 0.627. The molecule has 224 valence electrons. The van der Waals surface area contributed by atoms with Crippen LogP contribution in [0.25, 0.3) is 22.3 Å². The fourth-order valence-corrected chi connectivity index (χ4v) is 5.69. The third kappa shape index (κ3) is 6.74. The number of anilines is 3. The number of methoxy groups -OCH3 is 1. The summed E-state index contributed by atoms with van der Waals surface area (Å²) in [5.74, 6) is 2.19. The third-order valence-corrected chi connectivity index (χ3v) is 8.02. The molecule has 0 atom stereocenters. The average molecular weight is 610 g/mol. The van der Waals surface area contributed by atoms with E-state index in [2.05, 4.69) is 135 Å². The minimum atomic E-state index is -0.149. The van der Waals surface area contributed by atoms with Gasteiger partial charge in [0, 0.05) is 34.0 Å². The molecule has 0 spiro atoms. The van der Waals surface area contributed by atoms with Gasteiger partial charge in [0.2, 0.25) is 0 Å². The van der Waals surface area contributed by atoms with Gasteiger partial charge in [0.15, 0.2) is 0 Å². The molecule has 4 heteroatoms. The van der Waals surface area contributed by atoms with Crippen molar-refractivity contribution in [3.63, 3.8) is 0 Å². The zero-order chi connectivity index (χ0) is 31.4. The van der Waals surface area contributed by atoms with Crippen molar-refractivity contribution in [1.82, 2.24) is 0 Å². The first-order valence-corrected chi connectivity index (χ1v) is 15.4. The Morgan fingerprint density at radius 3 is 1.71 bits per heavy atom. The zero-order valence-corrected chi connectivity index (χ0v) is 26.8. The highest BCUT2D eigenvalue weighted by atomic mass is 35.5. The molecule has 45 heavy (non-hydrogen) atoms. The number of hydrogen-bond acceptors (Lipinski definition) is 3. The second kappa shape index (κ2) is 12.9. The maximum Gasteiger partial charge on any atom is 0.129 e. The number of benzene rings is 6. The quantitative estimate of drug-likeness (QED) is 0.171. The Labute approximate surface area is 271 Å². The lowest BCUT2D eigenvalue weighted by atomic mass is 9.86. The van der Waals surface area contributed by atoms with Crippen molar-refractivity contribution in [2.45, 2.75) is 26.2 Å². The van der Waals surface area contributed by atoms with E-state index in [4.69, 9.17) is 21.1 Å². The zero-order valence-electron chi connectivity index (χ0n) is 26.0. The van der Waals surface area contributed by atoms with E-state index in [1.54, 1.807) is 7.11 Å². The summed E-state index contributed by atoms with van der Waals surface area (Å²) in [5.41, 5.74) is 8.45. The fraction of sp³-hybridized carbons (Fsp3) is 0.122. The van der Waals surface area contributed by atoms with Gasteiger partial charge in [0.05, 0.1) is 18.5 Å². The molecule has 0 radical (unpaired) electrons.